The van der Waals surface area contributed by atoms with E-state index in [1.807, 2.05) is 0 Å². The molecule has 1 aromatic carbocycles. The summed E-state index contributed by atoms with van der Waals surface area (Å²) in [6.07, 6.45) is 2.09. The highest BCUT2D eigenvalue weighted by atomic mass is 16.5. The van der Waals surface area contributed by atoms with E-state index in [9.17, 15) is 9.59 Å². The molecule has 7 heteroatoms. The molecule has 0 saturated carbocycles. The van der Waals surface area contributed by atoms with Crippen LogP contribution in [0.1, 0.15) is 18.5 Å². The second-order valence-corrected chi connectivity index (χ2v) is 4.59. The number of hydrogen-bond donors (Lipinski definition) is 2. The van der Waals surface area contributed by atoms with Crippen LogP contribution in [-0.4, -0.2) is 28.7 Å². The molecule has 0 unspecified atom stereocenters. The molecule has 2 rings (SSSR count). The molecule has 2 N–H and O–H groups in total. The van der Waals surface area contributed by atoms with Crippen molar-refractivity contribution in [3.05, 3.63) is 42.3 Å². The van der Waals surface area contributed by atoms with Gasteiger partial charge in [-0.3, -0.25) is 9.59 Å². The molecule has 0 saturated heterocycles. The first-order valence-electron chi connectivity index (χ1n) is 6.77. The van der Waals surface area contributed by atoms with Crippen LogP contribution in [0.5, 0.6) is 5.75 Å². The Morgan fingerprint density at radius 2 is 2.00 bits per heavy atom. The lowest BCUT2D eigenvalue weighted by Crippen LogP contribution is -2.14. The molecule has 22 heavy (non-hydrogen) atoms. The monoisotopic (exact) mass is 304 g/mol. The highest BCUT2D eigenvalue weighted by molar-refractivity contribution is 5.92. The number of ether oxygens (including phenoxy) is 1. The molecule has 0 spiro atoms. The average molecular weight is 304 g/mol. The van der Waals surface area contributed by atoms with Gasteiger partial charge < -0.3 is 19.7 Å². The van der Waals surface area contributed by atoms with Gasteiger partial charge in [0.2, 0.25) is 5.91 Å². The van der Waals surface area contributed by atoms with Crippen LogP contribution < -0.4 is 10.1 Å². The van der Waals surface area contributed by atoms with E-state index in [0.717, 1.165) is 0 Å². The van der Waals surface area contributed by atoms with E-state index in [1.54, 1.807) is 30.3 Å². The fraction of sp³-hybridized carbons (Fsp3) is 0.267. The Balaban J connectivity index is 1.76. The van der Waals surface area contributed by atoms with Gasteiger partial charge in [-0.1, -0.05) is 5.16 Å². The molecule has 0 bridgehead atoms. The number of nitrogens with one attached hydrogen (secondary N) is 1. The molecular formula is C15H16N2O5. The van der Waals surface area contributed by atoms with E-state index < -0.39 is 5.97 Å². The number of benzene rings is 1. The number of aromatic nitrogens is 1. The van der Waals surface area contributed by atoms with E-state index in [4.69, 9.17) is 9.84 Å². The maximum Gasteiger partial charge on any atom is 0.303 e. The molecule has 0 fully saturated rings. The average Bonchev–Trinajstić information content (AvgIpc) is 2.98. The summed E-state index contributed by atoms with van der Waals surface area (Å²) in [5, 5.41) is 14.9. The standard InChI is InChI=1S/C15H16N2O5/c18-14(10-12-7-9-22-17-12)16-11-3-5-13(6-4-11)21-8-1-2-15(19)20/h3-7,9H,1-2,8,10H2,(H,16,18)(H,19,20). The smallest absolute Gasteiger partial charge is 0.303 e. The molecular weight excluding hydrogens is 288 g/mol. The van der Waals surface area contributed by atoms with Gasteiger partial charge in [0.15, 0.2) is 0 Å². The third-order valence-electron chi connectivity index (χ3n) is 2.77. The largest absolute Gasteiger partial charge is 0.494 e. The summed E-state index contributed by atoms with van der Waals surface area (Å²) >= 11 is 0. The first-order valence-corrected chi connectivity index (χ1v) is 6.77. The van der Waals surface area contributed by atoms with Crippen LogP contribution >= 0.6 is 0 Å². The first-order chi connectivity index (χ1) is 10.6. The Labute approximate surface area is 126 Å². The molecule has 116 valence electrons. The third kappa shape index (κ3) is 5.28. The number of rotatable bonds is 8. The fourth-order valence-corrected chi connectivity index (χ4v) is 1.75. The van der Waals surface area contributed by atoms with Crippen molar-refractivity contribution in [2.24, 2.45) is 0 Å². The van der Waals surface area contributed by atoms with Crippen molar-refractivity contribution in [1.82, 2.24) is 5.16 Å². The van der Waals surface area contributed by atoms with Crippen LogP contribution in [0.25, 0.3) is 0 Å². The van der Waals surface area contributed by atoms with Crippen molar-refractivity contribution < 1.29 is 24.0 Å². The van der Waals surface area contributed by atoms with E-state index in [0.29, 0.717) is 30.2 Å². The molecule has 0 radical (unpaired) electrons. The van der Waals surface area contributed by atoms with E-state index in [1.165, 1.54) is 6.26 Å². The number of carbonyl (C=O) groups excluding carboxylic acids is 1. The summed E-state index contributed by atoms with van der Waals surface area (Å²) in [6.45, 7) is 0.337. The van der Waals surface area contributed by atoms with Crippen LogP contribution in [0.4, 0.5) is 5.69 Å². The molecule has 0 aliphatic rings. The summed E-state index contributed by atoms with van der Waals surface area (Å²) < 4.78 is 10.1. The molecule has 1 heterocycles. The zero-order valence-electron chi connectivity index (χ0n) is 11.8. The van der Waals surface area contributed by atoms with Gasteiger partial charge >= 0.3 is 5.97 Å². The highest BCUT2D eigenvalue weighted by Crippen LogP contribution is 2.16. The second-order valence-electron chi connectivity index (χ2n) is 4.59. The normalized spacial score (nSPS) is 10.2. The van der Waals surface area contributed by atoms with Gasteiger partial charge in [0, 0.05) is 18.2 Å². The van der Waals surface area contributed by atoms with Gasteiger partial charge in [-0.25, -0.2) is 0 Å². The maximum atomic E-state index is 11.8. The van der Waals surface area contributed by atoms with Crippen LogP contribution in [0, 0.1) is 0 Å². The Morgan fingerprint density at radius 3 is 2.64 bits per heavy atom. The van der Waals surface area contributed by atoms with Crippen LogP contribution in [-0.2, 0) is 16.0 Å². The number of carbonyl (C=O) groups is 2. The van der Waals surface area contributed by atoms with Crippen molar-refractivity contribution in [2.45, 2.75) is 19.3 Å². The van der Waals surface area contributed by atoms with Crippen molar-refractivity contribution >= 4 is 17.6 Å². The molecule has 2 aromatic rings. The number of nitrogens with zero attached hydrogens (tertiary/aromatic N) is 1. The quantitative estimate of drug-likeness (QED) is 0.724. The van der Waals surface area contributed by atoms with Crippen LogP contribution in [0.15, 0.2) is 41.1 Å². The lowest BCUT2D eigenvalue weighted by atomic mass is 10.2. The van der Waals surface area contributed by atoms with Gasteiger partial charge in [0.25, 0.3) is 0 Å². The number of anilines is 1. The predicted octanol–water partition coefficient (Wildman–Crippen LogP) is 2.10. The fourth-order valence-electron chi connectivity index (χ4n) is 1.75. The molecule has 0 aliphatic carbocycles. The highest BCUT2D eigenvalue weighted by Gasteiger charge is 2.06. The van der Waals surface area contributed by atoms with Crippen molar-refractivity contribution in [2.75, 3.05) is 11.9 Å². The number of hydrogen-bond acceptors (Lipinski definition) is 5. The molecule has 0 aliphatic heterocycles. The Hall–Kier alpha value is -2.83. The minimum absolute atomic E-state index is 0.0796. The number of amides is 1. The number of aliphatic carboxylic acids is 1. The lowest BCUT2D eigenvalue weighted by Gasteiger charge is -2.07. The molecule has 7 nitrogen and oxygen atoms in total. The Kier molecular flexibility index (Phi) is 5.53. The molecule has 1 amide bonds. The zero-order valence-corrected chi connectivity index (χ0v) is 11.8. The Morgan fingerprint density at radius 1 is 1.23 bits per heavy atom. The second kappa shape index (κ2) is 7.82. The minimum atomic E-state index is -0.839. The predicted molar refractivity (Wildman–Crippen MR) is 77.6 cm³/mol. The van der Waals surface area contributed by atoms with Crippen LogP contribution in [0.2, 0.25) is 0 Å². The van der Waals surface area contributed by atoms with Gasteiger partial charge in [-0.05, 0) is 30.7 Å². The molecule has 1 aromatic heterocycles. The lowest BCUT2D eigenvalue weighted by molar-refractivity contribution is -0.137. The third-order valence-corrected chi connectivity index (χ3v) is 2.77. The zero-order chi connectivity index (χ0) is 15.8. The van der Waals surface area contributed by atoms with Crippen molar-refractivity contribution in [1.29, 1.82) is 0 Å². The van der Waals surface area contributed by atoms with E-state index in [-0.39, 0.29) is 18.7 Å². The first kappa shape index (κ1) is 15.6. The number of carboxylic acids is 1. The van der Waals surface area contributed by atoms with Crippen molar-refractivity contribution in [3.63, 3.8) is 0 Å². The summed E-state index contributed by atoms with van der Waals surface area (Å²) in [5.41, 5.74) is 1.21. The SMILES string of the molecule is O=C(O)CCCOc1ccc(NC(=O)Cc2ccon2)cc1. The van der Waals surface area contributed by atoms with E-state index >= 15 is 0 Å². The van der Waals surface area contributed by atoms with E-state index in [2.05, 4.69) is 15.0 Å². The molecule has 0 atom stereocenters. The summed E-state index contributed by atoms with van der Waals surface area (Å²) in [5.74, 6) is -0.405. The van der Waals surface area contributed by atoms with Crippen molar-refractivity contribution in [3.8, 4) is 5.75 Å². The number of carboxylic acid groups (broad SMARTS) is 1. The topological polar surface area (TPSA) is 102 Å². The van der Waals surface area contributed by atoms with Gasteiger partial charge in [0.1, 0.15) is 12.0 Å². The Bertz CT molecular complexity index is 607. The summed E-state index contributed by atoms with van der Waals surface area (Å²) in [4.78, 5) is 22.1. The van der Waals surface area contributed by atoms with Gasteiger partial charge in [-0.2, -0.15) is 0 Å². The minimum Gasteiger partial charge on any atom is -0.494 e. The van der Waals surface area contributed by atoms with Gasteiger partial charge in [0.05, 0.1) is 18.7 Å². The maximum absolute atomic E-state index is 11.8. The summed E-state index contributed by atoms with van der Waals surface area (Å²) in [7, 11) is 0. The summed E-state index contributed by atoms with van der Waals surface area (Å²) in [6, 6.07) is 8.49. The van der Waals surface area contributed by atoms with Crippen LogP contribution in [0.3, 0.4) is 0 Å². The van der Waals surface area contributed by atoms with Gasteiger partial charge in [-0.15, -0.1) is 0 Å².